The van der Waals surface area contributed by atoms with Gasteiger partial charge in [-0.05, 0) is 55.5 Å². The molecule has 0 radical (unpaired) electrons. The molecule has 2 saturated heterocycles. The van der Waals surface area contributed by atoms with Gasteiger partial charge in [0.05, 0.1) is 30.5 Å². The number of pyridine rings is 1. The maximum Gasteiger partial charge on any atom is 0.257 e. The fraction of sp³-hybridized carbons (Fsp3) is 0.400. The highest BCUT2D eigenvalue weighted by atomic mass is 16.5. The zero-order chi connectivity index (χ0) is 22.1. The van der Waals surface area contributed by atoms with Crippen LogP contribution in [0.1, 0.15) is 50.6 Å². The van der Waals surface area contributed by atoms with E-state index in [1.54, 1.807) is 10.7 Å². The minimum absolute atomic E-state index is 0.0130. The first-order valence-electron chi connectivity index (χ1n) is 11.3. The van der Waals surface area contributed by atoms with Crippen molar-refractivity contribution in [2.24, 2.45) is 0 Å². The van der Waals surface area contributed by atoms with E-state index in [4.69, 9.17) is 4.74 Å². The fourth-order valence-electron chi connectivity index (χ4n) is 4.73. The second kappa shape index (κ2) is 8.74. The molecule has 2 amide bonds. The maximum absolute atomic E-state index is 13.0. The summed E-state index contributed by atoms with van der Waals surface area (Å²) in [6, 6.07) is 12.0. The van der Waals surface area contributed by atoms with Gasteiger partial charge < -0.3 is 14.5 Å². The van der Waals surface area contributed by atoms with Crippen molar-refractivity contribution in [3.63, 3.8) is 0 Å². The van der Waals surface area contributed by atoms with E-state index >= 15 is 0 Å². The highest BCUT2D eigenvalue weighted by molar-refractivity contribution is 6.00. The summed E-state index contributed by atoms with van der Waals surface area (Å²) < 4.78 is 7.14. The number of fused-ring (bicyclic) bond motifs is 1. The predicted octanol–water partition coefficient (Wildman–Crippen LogP) is 3.13. The number of aryl methyl sites for hydroxylation is 1. The lowest BCUT2D eigenvalue weighted by Crippen LogP contribution is -2.40. The lowest BCUT2D eigenvalue weighted by atomic mass is 9.89. The molecule has 0 spiro atoms. The number of aromatic nitrogens is 2. The molecular formula is C25H28N4O3. The summed E-state index contributed by atoms with van der Waals surface area (Å²) in [4.78, 5) is 29.7. The van der Waals surface area contributed by atoms with Crippen molar-refractivity contribution in [3.05, 3.63) is 71.0 Å². The second-order valence-electron chi connectivity index (χ2n) is 8.69. The molecule has 32 heavy (non-hydrogen) atoms. The van der Waals surface area contributed by atoms with Crippen LogP contribution in [-0.4, -0.2) is 70.6 Å². The number of nitrogens with zero attached hydrogens (tertiary/aromatic N) is 4. The zero-order valence-electron chi connectivity index (χ0n) is 18.4. The Labute approximate surface area is 187 Å². The van der Waals surface area contributed by atoms with Gasteiger partial charge in [-0.25, -0.2) is 4.52 Å². The van der Waals surface area contributed by atoms with Gasteiger partial charge in [-0.15, -0.1) is 0 Å². The minimum Gasteiger partial charge on any atom is -0.378 e. The number of likely N-dealkylation sites (tertiary alicyclic amines) is 1. The zero-order valence-corrected chi connectivity index (χ0v) is 18.4. The van der Waals surface area contributed by atoms with Crippen LogP contribution in [0.5, 0.6) is 0 Å². The van der Waals surface area contributed by atoms with Crippen molar-refractivity contribution in [2.75, 3.05) is 39.4 Å². The Morgan fingerprint density at radius 3 is 2.47 bits per heavy atom. The smallest absolute Gasteiger partial charge is 0.257 e. The largest absolute Gasteiger partial charge is 0.378 e. The van der Waals surface area contributed by atoms with Crippen molar-refractivity contribution in [3.8, 4) is 0 Å². The van der Waals surface area contributed by atoms with Crippen LogP contribution in [0, 0.1) is 6.92 Å². The van der Waals surface area contributed by atoms with Gasteiger partial charge in [0.25, 0.3) is 11.8 Å². The van der Waals surface area contributed by atoms with Gasteiger partial charge in [0, 0.05) is 37.9 Å². The number of hydrogen-bond acceptors (Lipinski definition) is 4. The Kier molecular flexibility index (Phi) is 5.66. The number of carbonyl (C=O) groups is 2. The van der Waals surface area contributed by atoms with Crippen molar-refractivity contribution < 1.29 is 14.3 Å². The van der Waals surface area contributed by atoms with Crippen LogP contribution in [0.2, 0.25) is 0 Å². The van der Waals surface area contributed by atoms with Crippen molar-refractivity contribution in [2.45, 2.75) is 25.7 Å². The molecule has 1 aromatic carbocycles. The Morgan fingerprint density at radius 2 is 1.72 bits per heavy atom. The molecule has 5 rings (SSSR count). The van der Waals surface area contributed by atoms with E-state index in [9.17, 15) is 9.59 Å². The lowest BCUT2D eigenvalue weighted by Gasteiger charge is -2.32. The number of benzene rings is 1. The molecule has 2 aliphatic rings. The summed E-state index contributed by atoms with van der Waals surface area (Å²) >= 11 is 0. The summed E-state index contributed by atoms with van der Waals surface area (Å²) in [6.45, 7) is 5.87. The molecule has 2 aliphatic heterocycles. The van der Waals surface area contributed by atoms with E-state index in [-0.39, 0.29) is 11.8 Å². The summed E-state index contributed by atoms with van der Waals surface area (Å²) in [7, 11) is 0. The highest BCUT2D eigenvalue weighted by Crippen LogP contribution is 2.30. The first kappa shape index (κ1) is 20.7. The van der Waals surface area contributed by atoms with Crippen LogP contribution in [0.3, 0.4) is 0 Å². The minimum atomic E-state index is 0.0130. The van der Waals surface area contributed by atoms with Gasteiger partial charge >= 0.3 is 0 Å². The number of amides is 2. The van der Waals surface area contributed by atoms with Crippen molar-refractivity contribution >= 4 is 17.3 Å². The van der Waals surface area contributed by atoms with Crippen LogP contribution < -0.4 is 0 Å². The second-order valence-corrected chi connectivity index (χ2v) is 8.69. The number of hydrogen-bond donors (Lipinski definition) is 0. The van der Waals surface area contributed by atoms with E-state index in [2.05, 4.69) is 17.2 Å². The fourth-order valence-corrected chi connectivity index (χ4v) is 4.73. The predicted molar refractivity (Wildman–Crippen MR) is 121 cm³/mol. The SMILES string of the molecule is Cc1cccc(C(=O)N2CCC(c3ccn4ncc(C(=O)N5CCOCC5)c4c3)CC2)c1. The third-order valence-corrected chi connectivity index (χ3v) is 6.59. The summed E-state index contributed by atoms with van der Waals surface area (Å²) in [6.07, 6.45) is 5.42. The van der Waals surface area contributed by atoms with Crippen LogP contribution in [0.15, 0.2) is 48.8 Å². The highest BCUT2D eigenvalue weighted by Gasteiger charge is 2.26. The van der Waals surface area contributed by atoms with Crippen LogP contribution >= 0.6 is 0 Å². The molecule has 7 nitrogen and oxygen atoms in total. The van der Waals surface area contributed by atoms with Gasteiger partial charge in [-0.1, -0.05) is 17.7 Å². The molecule has 3 aromatic rings. The van der Waals surface area contributed by atoms with Gasteiger partial charge in [0.1, 0.15) is 0 Å². The molecule has 2 fully saturated rings. The van der Waals surface area contributed by atoms with E-state index in [1.165, 1.54) is 5.56 Å². The first-order valence-corrected chi connectivity index (χ1v) is 11.3. The van der Waals surface area contributed by atoms with Gasteiger partial charge in [0.15, 0.2) is 0 Å². The third kappa shape index (κ3) is 4.00. The topological polar surface area (TPSA) is 67.2 Å². The summed E-state index contributed by atoms with van der Waals surface area (Å²) in [5.74, 6) is 0.485. The Balaban J connectivity index is 1.30. The molecule has 0 bridgehead atoms. The number of ether oxygens (including phenoxy) is 1. The van der Waals surface area contributed by atoms with Crippen molar-refractivity contribution in [1.29, 1.82) is 0 Å². The normalized spacial score (nSPS) is 17.7. The van der Waals surface area contributed by atoms with Crippen LogP contribution in [-0.2, 0) is 4.74 Å². The standard InChI is InChI=1S/C25H28N4O3/c1-18-3-2-4-21(15-18)24(30)27-8-5-19(6-9-27)20-7-10-29-23(16-20)22(17-26-29)25(31)28-11-13-32-14-12-28/h2-4,7,10,15-17,19H,5-6,8-9,11-14H2,1H3. The average molecular weight is 433 g/mol. The van der Waals surface area contributed by atoms with Crippen LogP contribution in [0.4, 0.5) is 0 Å². The van der Waals surface area contributed by atoms with E-state index < -0.39 is 0 Å². The Morgan fingerprint density at radius 1 is 0.969 bits per heavy atom. The average Bonchev–Trinajstić information content (AvgIpc) is 3.27. The lowest BCUT2D eigenvalue weighted by molar-refractivity contribution is 0.0304. The molecular weight excluding hydrogens is 404 g/mol. The van der Waals surface area contributed by atoms with E-state index in [0.717, 1.165) is 42.6 Å². The Hall–Kier alpha value is -3.19. The number of carbonyl (C=O) groups excluding carboxylic acids is 2. The Bertz CT molecular complexity index is 1140. The third-order valence-electron chi connectivity index (χ3n) is 6.59. The summed E-state index contributed by atoms with van der Waals surface area (Å²) in [5, 5.41) is 4.38. The van der Waals surface area contributed by atoms with Gasteiger partial charge in [-0.3, -0.25) is 9.59 Å². The molecule has 166 valence electrons. The van der Waals surface area contributed by atoms with Crippen LogP contribution in [0.25, 0.3) is 5.52 Å². The monoisotopic (exact) mass is 432 g/mol. The maximum atomic E-state index is 13.0. The quantitative estimate of drug-likeness (QED) is 0.638. The molecule has 0 atom stereocenters. The molecule has 7 heteroatoms. The molecule has 4 heterocycles. The van der Waals surface area contributed by atoms with Crippen molar-refractivity contribution in [1.82, 2.24) is 19.4 Å². The molecule has 0 N–H and O–H groups in total. The van der Waals surface area contributed by atoms with E-state index in [0.29, 0.717) is 37.8 Å². The first-order chi connectivity index (χ1) is 15.6. The number of morpholine rings is 1. The molecule has 0 unspecified atom stereocenters. The van der Waals surface area contributed by atoms with Gasteiger partial charge in [-0.2, -0.15) is 5.10 Å². The molecule has 0 saturated carbocycles. The number of rotatable bonds is 3. The van der Waals surface area contributed by atoms with E-state index in [1.807, 2.05) is 47.2 Å². The summed E-state index contributed by atoms with van der Waals surface area (Å²) in [5.41, 5.74) is 4.55. The van der Waals surface area contributed by atoms with Gasteiger partial charge in [0.2, 0.25) is 0 Å². The number of piperidine rings is 1. The molecule has 2 aromatic heterocycles. The molecule has 0 aliphatic carbocycles.